The van der Waals surface area contributed by atoms with Gasteiger partial charge in [0.1, 0.15) is 0 Å². The lowest BCUT2D eigenvalue weighted by Gasteiger charge is -2.20. The van der Waals surface area contributed by atoms with Gasteiger partial charge in [-0.2, -0.15) is 0 Å². The van der Waals surface area contributed by atoms with Crippen molar-refractivity contribution in [3.8, 4) is 0 Å². The van der Waals surface area contributed by atoms with Crippen molar-refractivity contribution in [3.05, 3.63) is 0 Å². The monoisotopic (exact) mass is 216 g/mol. The number of nitrogens with two attached hydrogens (primary N) is 1. The van der Waals surface area contributed by atoms with Crippen LogP contribution >= 0.6 is 0 Å². The van der Waals surface area contributed by atoms with Crippen molar-refractivity contribution in [2.24, 2.45) is 17.1 Å². The Hall–Kier alpha value is -0.610. The second-order valence-corrected chi connectivity index (χ2v) is 4.98. The average molecular weight is 216 g/mol. The molecule has 0 spiro atoms. The van der Waals surface area contributed by atoms with Gasteiger partial charge in [-0.15, -0.1) is 0 Å². The van der Waals surface area contributed by atoms with Crippen molar-refractivity contribution in [1.82, 2.24) is 5.32 Å². The summed E-state index contributed by atoms with van der Waals surface area (Å²) in [4.78, 5) is 10.0. The first kappa shape index (κ1) is 14.4. The van der Waals surface area contributed by atoms with E-state index in [4.69, 9.17) is 10.8 Å². The van der Waals surface area contributed by atoms with Crippen LogP contribution in [0.3, 0.4) is 0 Å². The maximum absolute atomic E-state index is 10.0. The number of piperidine rings is 1. The number of nitrogens with one attached hydrogen (secondary N) is 1. The first-order valence-corrected chi connectivity index (χ1v) is 5.52. The fourth-order valence-electron chi connectivity index (χ4n) is 1.12. The Morgan fingerprint density at radius 1 is 1.40 bits per heavy atom. The Bertz CT molecular complexity index is 182. The molecular weight excluding hydrogens is 192 g/mol. The van der Waals surface area contributed by atoms with Crippen molar-refractivity contribution in [2.75, 3.05) is 19.6 Å². The fourth-order valence-corrected chi connectivity index (χ4v) is 1.12. The first-order chi connectivity index (χ1) is 6.88. The van der Waals surface area contributed by atoms with Crippen molar-refractivity contribution in [1.29, 1.82) is 0 Å². The lowest BCUT2D eigenvalue weighted by atomic mass is 9.98. The Labute approximate surface area is 92.2 Å². The minimum absolute atomic E-state index is 0.583. The van der Waals surface area contributed by atoms with Crippen LogP contribution in [0.2, 0.25) is 0 Å². The normalized spacial score (nSPS) is 17.9. The summed E-state index contributed by atoms with van der Waals surface area (Å²) in [5.41, 5.74) is 4.89. The third-order valence-corrected chi connectivity index (χ3v) is 2.43. The van der Waals surface area contributed by atoms with Crippen LogP contribution in [0.4, 0.5) is 0 Å². The molecular formula is C11H24N2O2. The second-order valence-electron chi connectivity index (χ2n) is 4.98. The van der Waals surface area contributed by atoms with E-state index >= 15 is 0 Å². The molecule has 4 heteroatoms. The van der Waals surface area contributed by atoms with Gasteiger partial charge < -0.3 is 16.2 Å². The lowest BCUT2D eigenvalue weighted by Crippen LogP contribution is -2.31. The van der Waals surface area contributed by atoms with Gasteiger partial charge in [0.2, 0.25) is 0 Å². The maximum Gasteiger partial charge on any atom is 0.308 e. The molecule has 0 aliphatic carbocycles. The second kappa shape index (κ2) is 6.80. The fraction of sp³-hybridized carbons (Fsp3) is 0.909. The van der Waals surface area contributed by atoms with Crippen molar-refractivity contribution < 1.29 is 9.90 Å². The quantitative estimate of drug-likeness (QED) is 0.612. The molecule has 1 heterocycles. The van der Waals surface area contributed by atoms with Gasteiger partial charge in [-0.25, -0.2) is 0 Å². The molecule has 1 fully saturated rings. The molecule has 0 aromatic heterocycles. The van der Waals surface area contributed by atoms with Crippen LogP contribution in [-0.4, -0.2) is 30.7 Å². The van der Waals surface area contributed by atoms with E-state index in [9.17, 15) is 4.79 Å². The van der Waals surface area contributed by atoms with Gasteiger partial charge in [-0.05, 0) is 59.2 Å². The van der Waals surface area contributed by atoms with E-state index in [1.54, 1.807) is 20.8 Å². The lowest BCUT2D eigenvalue weighted by molar-refractivity contribution is -0.145. The van der Waals surface area contributed by atoms with Crippen LogP contribution < -0.4 is 11.1 Å². The summed E-state index contributed by atoms with van der Waals surface area (Å²) >= 11 is 0. The zero-order valence-electron chi connectivity index (χ0n) is 10.0. The maximum atomic E-state index is 10.0. The number of carboxylic acid groups (broad SMARTS) is 1. The molecule has 1 aliphatic heterocycles. The molecule has 0 unspecified atom stereocenters. The summed E-state index contributed by atoms with van der Waals surface area (Å²) < 4.78 is 0. The van der Waals surface area contributed by atoms with Crippen molar-refractivity contribution in [2.45, 2.75) is 33.6 Å². The minimum Gasteiger partial charge on any atom is -0.481 e. The van der Waals surface area contributed by atoms with E-state index in [1.807, 2.05) is 0 Å². The molecule has 0 amide bonds. The van der Waals surface area contributed by atoms with Gasteiger partial charge in [0.25, 0.3) is 0 Å². The van der Waals surface area contributed by atoms with Crippen molar-refractivity contribution >= 4 is 5.97 Å². The van der Waals surface area contributed by atoms with Gasteiger partial charge in [0.15, 0.2) is 0 Å². The first-order valence-electron chi connectivity index (χ1n) is 5.52. The number of hydrogen-bond donors (Lipinski definition) is 3. The highest BCUT2D eigenvalue weighted by Crippen LogP contribution is 2.11. The van der Waals surface area contributed by atoms with Crippen LogP contribution in [0.25, 0.3) is 0 Å². The SMILES string of the molecule is CC(C)(C)C(=O)O.NCC1CCNCC1. The summed E-state index contributed by atoms with van der Waals surface area (Å²) in [6.07, 6.45) is 2.55. The van der Waals surface area contributed by atoms with Crippen LogP contribution in [0, 0.1) is 11.3 Å². The topological polar surface area (TPSA) is 75.3 Å². The van der Waals surface area contributed by atoms with Crippen molar-refractivity contribution in [3.63, 3.8) is 0 Å². The summed E-state index contributed by atoms with van der Waals surface area (Å²) in [7, 11) is 0. The van der Waals surface area contributed by atoms with E-state index < -0.39 is 11.4 Å². The molecule has 0 aromatic carbocycles. The molecule has 4 nitrogen and oxygen atoms in total. The Morgan fingerprint density at radius 3 is 2.00 bits per heavy atom. The molecule has 15 heavy (non-hydrogen) atoms. The number of carboxylic acids is 1. The molecule has 4 N–H and O–H groups in total. The molecule has 90 valence electrons. The molecule has 1 aliphatic rings. The van der Waals surface area contributed by atoms with E-state index in [0.29, 0.717) is 0 Å². The van der Waals surface area contributed by atoms with Crippen LogP contribution in [0.5, 0.6) is 0 Å². The summed E-state index contributed by atoms with van der Waals surface area (Å²) in [5.74, 6) is 0.0451. The predicted molar refractivity (Wildman–Crippen MR) is 61.7 cm³/mol. The largest absolute Gasteiger partial charge is 0.481 e. The summed E-state index contributed by atoms with van der Waals surface area (Å²) in [5, 5.41) is 11.5. The highest BCUT2D eigenvalue weighted by molar-refractivity contribution is 5.72. The molecule has 0 aromatic rings. The Morgan fingerprint density at radius 2 is 1.80 bits per heavy atom. The van der Waals surface area contributed by atoms with Gasteiger partial charge in [0, 0.05) is 0 Å². The highest BCUT2D eigenvalue weighted by Gasteiger charge is 2.18. The van der Waals surface area contributed by atoms with E-state index in [0.717, 1.165) is 12.5 Å². The molecule has 1 rings (SSSR count). The van der Waals surface area contributed by atoms with Crippen LogP contribution in [-0.2, 0) is 4.79 Å². The van der Waals surface area contributed by atoms with Crippen LogP contribution in [0.1, 0.15) is 33.6 Å². The molecule has 0 saturated carbocycles. The van der Waals surface area contributed by atoms with Gasteiger partial charge in [0.05, 0.1) is 5.41 Å². The highest BCUT2D eigenvalue weighted by atomic mass is 16.4. The van der Waals surface area contributed by atoms with Gasteiger partial charge in [-0.1, -0.05) is 0 Å². The smallest absolute Gasteiger partial charge is 0.308 e. The number of aliphatic carboxylic acids is 1. The molecule has 0 atom stereocenters. The zero-order chi connectivity index (χ0) is 11.9. The standard InChI is InChI=1S/C6H14N2.C5H10O2/c7-5-6-1-3-8-4-2-6;1-5(2,3)4(6)7/h6,8H,1-5,7H2;1-3H3,(H,6,7). The number of rotatable bonds is 1. The summed E-state index contributed by atoms with van der Waals surface area (Å²) in [6.45, 7) is 8.20. The van der Waals surface area contributed by atoms with Gasteiger partial charge in [-0.3, -0.25) is 4.79 Å². The number of hydrogen-bond acceptors (Lipinski definition) is 3. The predicted octanol–water partition coefficient (Wildman–Crippen LogP) is 1.06. The third-order valence-electron chi connectivity index (χ3n) is 2.43. The minimum atomic E-state index is -0.757. The Kier molecular flexibility index (Phi) is 6.52. The van der Waals surface area contributed by atoms with Gasteiger partial charge >= 0.3 is 5.97 Å². The van der Waals surface area contributed by atoms with Crippen LogP contribution in [0.15, 0.2) is 0 Å². The zero-order valence-corrected chi connectivity index (χ0v) is 10.0. The van der Waals surface area contributed by atoms with E-state index in [1.165, 1.54) is 25.9 Å². The molecule has 0 bridgehead atoms. The van der Waals surface area contributed by atoms with E-state index in [2.05, 4.69) is 5.32 Å². The molecule has 1 saturated heterocycles. The number of carbonyl (C=O) groups is 1. The molecule has 0 radical (unpaired) electrons. The van der Waals surface area contributed by atoms with E-state index in [-0.39, 0.29) is 0 Å². The summed E-state index contributed by atoms with van der Waals surface area (Å²) in [6, 6.07) is 0. The average Bonchev–Trinajstić information content (AvgIpc) is 2.18. The third kappa shape index (κ3) is 7.33. The Balaban J connectivity index is 0.000000265.